The molecule has 1 heteroatoms. The minimum absolute atomic E-state index is 0.579. The molecule has 0 spiro atoms. The van der Waals surface area contributed by atoms with Crippen molar-refractivity contribution in [1.29, 1.82) is 0 Å². The van der Waals surface area contributed by atoms with Crippen LogP contribution in [0.25, 0.3) is 0 Å². The van der Waals surface area contributed by atoms with Gasteiger partial charge in [0.1, 0.15) is 0 Å². The van der Waals surface area contributed by atoms with Crippen LogP contribution in [0.5, 0.6) is 0 Å². The molecule has 0 atom stereocenters. The molecule has 0 bridgehead atoms. The van der Waals surface area contributed by atoms with Crippen molar-refractivity contribution in [3.63, 3.8) is 0 Å². The molecule has 0 aromatic rings. The van der Waals surface area contributed by atoms with Crippen molar-refractivity contribution in [3.05, 3.63) is 12.2 Å². The average Bonchev–Trinajstić information content (AvgIpc) is 2.60. The van der Waals surface area contributed by atoms with Gasteiger partial charge in [-0.2, -0.15) is 0 Å². The highest BCUT2D eigenvalue weighted by Crippen LogP contribution is 2.40. The van der Waals surface area contributed by atoms with Crippen LogP contribution in [0, 0.1) is 17.8 Å². The first-order valence-electron chi connectivity index (χ1n) is 10.6. The number of allylic oxidation sites excluding steroid dienone is 2. The molecule has 2 saturated carbocycles. The molecule has 0 aliphatic heterocycles. The topological polar surface area (TPSA) is 9.23 Å². The van der Waals surface area contributed by atoms with Gasteiger partial charge in [0.05, 0.1) is 6.10 Å². The number of hydrogen-bond donors (Lipinski definition) is 0. The van der Waals surface area contributed by atoms with Gasteiger partial charge in [-0.25, -0.2) is 0 Å². The molecule has 2 fully saturated rings. The maximum atomic E-state index is 6.03. The van der Waals surface area contributed by atoms with Crippen LogP contribution in [0.3, 0.4) is 0 Å². The van der Waals surface area contributed by atoms with Gasteiger partial charge in [-0.1, -0.05) is 45.3 Å². The van der Waals surface area contributed by atoms with Crippen LogP contribution < -0.4 is 0 Å². The van der Waals surface area contributed by atoms with Gasteiger partial charge in [0.2, 0.25) is 0 Å². The van der Waals surface area contributed by atoms with E-state index in [0.717, 1.165) is 24.4 Å². The number of ether oxygens (including phenoxy) is 1. The minimum Gasteiger partial charge on any atom is -0.378 e. The Kier molecular flexibility index (Phi) is 9.34. The third kappa shape index (κ3) is 6.99. The zero-order valence-corrected chi connectivity index (χ0v) is 15.8. The van der Waals surface area contributed by atoms with E-state index in [-0.39, 0.29) is 0 Å². The van der Waals surface area contributed by atoms with Crippen molar-refractivity contribution < 1.29 is 4.74 Å². The monoisotopic (exact) mass is 320 g/mol. The van der Waals surface area contributed by atoms with Gasteiger partial charge in [0.25, 0.3) is 0 Å². The second-order valence-electron chi connectivity index (χ2n) is 8.01. The largest absolute Gasteiger partial charge is 0.378 e. The molecule has 134 valence electrons. The summed E-state index contributed by atoms with van der Waals surface area (Å²) in [7, 11) is 0. The number of unbranched alkanes of at least 4 members (excludes halogenated alkanes) is 3. The Morgan fingerprint density at radius 3 is 2.00 bits per heavy atom. The SMILES string of the molecule is CCCC/C=C/[C@H]1CC[C@H](C2CCC(OCCCC)CC2)CC1. The summed E-state index contributed by atoms with van der Waals surface area (Å²) in [5, 5.41) is 0. The molecule has 2 aliphatic rings. The van der Waals surface area contributed by atoms with E-state index in [4.69, 9.17) is 4.74 Å². The lowest BCUT2D eigenvalue weighted by atomic mass is 9.70. The second kappa shape index (κ2) is 11.3. The van der Waals surface area contributed by atoms with Crippen molar-refractivity contribution in [3.8, 4) is 0 Å². The molecule has 2 aliphatic carbocycles. The average molecular weight is 321 g/mol. The summed E-state index contributed by atoms with van der Waals surface area (Å²) in [5.41, 5.74) is 0. The Morgan fingerprint density at radius 2 is 1.39 bits per heavy atom. The summed E-state index contributed by atoms with van der Waals surface area (Å²) in [4.78, 5) is 0. The molecule has 0 aromatic heterocycles. The van der Waals surface area contributed by atoms with Gasteiger partial charge in [0.15, 0.2) is 0 Å². The van der Waals surface area contributed by atoms with Crippen LogP contribution >= 0.6 is 0 Å². The highest BCUT2D eigenvalue weighted by Gasteiger charge is 2.30. The molecule has 1 nitrogen and oxygen atoms in total. The van der Waals surface area contributed by atoms with Crippen LogP contribution in [0.2, 0.25) is 0 Å². The predicted octanol–water partition coefficient (Wildman–Crippen LogP) is 6.91. The third-order valence-electron chi connectivity index (χ3n) is 6.19. The molecular formula is C22H40O. The van der Waals surface area contributed by atoms with E-state index in [1.165, 1.54) is 83.5 Å². The Morgan fingerprint density at radius 1 is 0.783 bits per heavy atom. The highest BCUT2D eigenvalue weighted by atomic mass is 16.5. The number of hydrogen-bond acceptors (Lipinski definition) is 1. The molecule has 0 N–H and O–H groups in total. The summed E-state index contributed by atoms with van der Waals surface area (Å²) < 4.78 is 6.03. The van der Waals surface area contributed by atoms with E-state index in [9.17, 15) is 0 Å². The molecule has 23 heavy (non-hydrogen) atoms. The first-order chi connectivity index (χ1) is 11.3. The molecule has 0 radical (unpaired) electrons. The van der Waals surface area contributed by atoms with E-state index in [1.807, 2.05) is 0 Å². The Bertz CT molecular complexity index is 306. The van der Waals surface area contributed by atoms with Gasteiger partial charge in [-0.05, 0) is 82.0 Å². The molecule has 0 saturated heterocycles. The first-order valence-corrected chi connectivity index (χ1v) is 10.6. The van der Waals surface area contributed by atoms with Crippen LogP contribution in [0.15, 0.2) is 12.2 Å². The van der Waals surface area contributed by atoms with E-state index >= 15 is 0 Å². The maximum absolute atomic E-state index is 6.03. The fourth-order valence-corrected chi connectivity index (χ4v) is 4.54. The second-order valence-corrected chi connectivity index (χ2v) is 8.01. The molecule has 0 unspecified atom stereocenters. The first kappa shape index (κ1) is 19.0. The smallest absolute Gasteiger partial charge is 0.0575 e. The van der Waals surface area contributed by atoms with Crippen LogP contribution in [-0.4, -0.2) is 12.7 Å². The van der Waals surface area contributed by atoms with Gasteiger partial charge in [-0.15, -0.1) is 0 Å². The van der Waals surface area contributed by atoms with Crippen LogP contribution in [0.4, 0.5) is 0 Å². The Labute approximate surface area is 145 Å². The van der Waals surface area contributed by atoms with Crippen molar-refractivity contribution in [2.24, 2.45) is 17.8 Å². The normalized spacial score (nSPS) is 32.4. The van der Waals surface area contributed by atoms with Gasteiger partial charge in [-0.3, -0.25) is 0 Å². The Balaban J connectivity index is 1.60. The quantitative estimate of drug-likeness (QED) is 0.331. The minimum atomic E-state index is 0.579. The van der Waals surface area contributed by atoms with Crippen molar-refractivity contribution in [2.45, 2.75) is 103 Å². The van der Waals surface area contributed by atoms with E-state index < -0.39 is 0 Å². The van der Waals surface area contributed by atoms with Gasteiger partial charge < -0.3 is 4.74 Å². The van der Waals surface area contributed by atoms with Crippen molar-refractivity contribution in [1.82, 2.24) is 0 Å². The molecular weight excluding hydrogens is 280 g/mol. The third-order valence-corrected chi connectivity index (χ3v) is 6.19. The zero-order chi connectivity index (χ0) is 16.3. The summed E-state index contributed by atoms with van der Waals surface area (Å²) in [5.74, 6) is 2.91. The predicted molar refractivity (Wildman–Crippen MR) is 101 cm³/mol. The summed E-state index contributed by atoms with van der Waals surface area (Å²) in [6, 6.07) is 0. The summed E-state index contributed by atoms with van der Waals surface area (Å²) in [6.07, 6.45) is 23.4. The molecule has 0 heterocycles. The van der Waals surface area contributed by atoms with Crippen LogP contribution in [0.1, 0.15) is 97.3 Å². The van der Waals surface area contributed by atoms with Crippen LogP contribution in [-0.2, 0) is 4.74 Å². The lowest BCUT2D eigenvalue weighted by Crippen LogP contribution is -2.28. The lowest BCUT2D eigenvalue weighted by Gasteiger charge is -2.37. The van der Waals surface area contributed by atoms with Crippen molar-refractivity contribution >= 4 is 0 Å². The van der Waals surface area contributed by atoms with Gasteiger partial charge in [0, 0.05) is 6.61 Å². The summed E-state index contributed by atoms with van der Waals surface area (Å²) >= 11 is 0. The fraction of sp³-hybridized carbons (Fsp3) is 0.909. The molecule has 0 aromatic carbocycles. The fourth-order valence-electron chi connectivity index (χ4n) is 4.54. The lowest BCUT2D eigenvalue weighted by molar-refractivity contribution is 0.00645. The summed E-state index contributed by atoms with van der Waals surface area (Å²) in [6.45, 7) is 5.51. The number of rotatable bonds is 9. The standard InChI is InChI=1S/C22H40O/c1-3-5-7-8-9-19-10-12-20(13-11-19)21-14-16-22(17-15-21)23-18-6-4-2/h8-9,19-22H,3-7,10-18H2,1-2H3/b9-8+/t19-,20-,21?,22?. The molecule has 2 rings (SSSR count). The van der Waals surface area contributed by atoms with E-state index in [2.05, 4.69) is 26.0 Å². The van der Waals surface area contributed by atoms with Gasteiger partial charge >= 0.3 is 0 Å². The van der Waals surface area contributed by atoms with Crippen molar-refractivity contribution in [2.75, 3.05) is 6.61 Å². The van der Waals surface area contributed by atoms with E-state index in [0.29, 0.717) is 6.10 Å². The molecule has 0 amide bonds. The van der Waals surface area contributed by atoms with E-state index in [1.54, 1.807) is 0 Å². The Hall–Kier alpha value is -0.300. The highest BCUT2D eigenvalue weighted by molar-refractivity contribution is 4.92. The maximum Gasteiger partial charge on any atom is 0.0575 e. The zero-order valence-electron chi connectivity index (χ0n) is 15.8.